The number of carbonyl (C=O) groups excluding carboxylic acids is 3. The molecule has 8 nitrogen and oxygen atoms in total. The lowest BCUT2D eigenvalue weighted by molar-refractivity contribution is -0.141. The first-order valence-electron chi connectivity index (χ1n) is 11.5. The molecule has 0 radical (unpaired) electrons. The molecule has 2 aromatic carbocycles. The summed E-state index contributed by atoms with van der Waals surface area (Å²) >= 11 is 0. The van der Waals surface area contributed by atoms with E-state index in [2.05, 4.69) is 5.32 Å². The maximum absolute atomic E-state index is 13.5. The number of benzene rings is 2. The normalized spacial score (nSPS) is 15.0. The molecular formula is C25H31N3O5S. The van der Waals surface area contributed by atoms with E-state index in [1.807, 2.05) is 38.1 Å². The van der Waals surface area contributed by atoms with Crippen LogP contribution in [0.3, 0.4) is 0 Å². The standard InChI is InChI=1S/C25H31N3O5S/c1-4-6-14-26-24(30)21(5-2)27(16-19-11-9-10-18(3)15-19)23(29)17-28-25(31)20-12-7-8-13-22(20)34(28,32)33/h7-13,15,21H,4-6,14,16-17H2,1-3H3,(H,26,30)/t21-/m1/s1. The fourth-order valence-corrected chi connectivity index (χ4v) is 5.55. The Hall–Kier alpha value is -3.20. The van der Waals surface area contributed by atoms with Crippen LogP contribution in [0.1, 0.15) is 54.6 Å². The number of nitrogens with zero attached hydrogens (tertiary/aromatic N) is 2. The Morgan fingerprint density at radius 3 is 2.47 bits per heavy atom. The van der Waals surface area contributed by atoms with Crippen molar-refractivity contribution >= 4 is 27.7 Å². The van der Waals surface area contributed by atoms with Crippen molar-refractivity contribution in [1.82, 2.24) is 14.5 Å². The number of aryl methyl sites for hydroxylation is 1. The molecule has 0 saturated carbocycles. The minimum absolute atomic E-state index is 0.0462. The predicted molar refractivity (Wildman–Crippen MR) is 128 cm³/mol. The van der Waals surface area contributed by atoms with E-state index in [1.54, 1.807) is 13.0 Å². The predicted octanol–water partition coefficient (Wildman–Crippen LogP) is 2.86. The van der Waals surface area contributed by atoms with Crippen molar-refractivity contribution in [3.05, 3.63) is 65.2 Å². The number of unbranched alkanes of at least 4 members (excludes halogenated alkanes) is 1. The smallest absolute Gasteiger partial charge is 0.269 e. The van der Waals surface area contributed by atoms with Crippen molar-refractivity contribution in [2.24, 2.45) is 0 Å². The van der Waals surface area contributed by atoms with Gasteiger partial charge in [0.25, 0.3) is 15.9 Å². The number of carbonyl (C=O) groups is 3. The molecule has 1 atom stereocenters. The molecule has 0 bridgehead atoms. The van der Waals surface area contributed by atoms with Gasteiger partial charge in [-0.2, -0.15) is 0 Å². The lowest BCUT2D eigenvalue weighted by atomic mass is 10.1. The van der Waals surface area contributed by atoms with Crippen molar-refractivity contribution < 1.29 is 22.8 Å². The van der Waals surface area contributed by atoms with E-state index in [4.69, 9.17) is 0 Å². The molecule has 182 valence electrons. The largest absolute Gasteiger partial charge is 0.354 e. The summed E-state index contributed by atoms with van der Waals surface area (Å²) in [5.41, 5.74) is 1.86. The van der Waals surface area contributed by atoms with Gasteiger partial charge in [0.1, 0.15) is 17.5 Å². The van der Waals surface area contributed by atoms with E-state index in [9.17, 15) is 22.8 Å². The highest BCUT2D eigenvalue weighted by atomic mass is 32.2. The Morgan fingerprint density at radius 1 is 1.09 bits per heavy atom. The van der Waals surface area contributed by atoms with Crippen LogP contribution >= 0.6 is 0 Å². The van der Waals surface area contributed by atoms with Gasteiger partial charge in [-0.3, -0.25) is 14.4 Å². The number of amides is 3. The lowest BCUT2D eigenvalue weighted by Crippen LogP contribution is -2.52. The van der Waals surface area contributed by atoms with E-state index in [1.165, 1.54) is 23.1 Å². The first kappa shape index (κ1) is 25.4. The molecule has 1 heterocycles. The number of rotatable bonds is 10. The molecule has 2 aromatic rings. The number of hydrogen-bond acceptors (Lipinski definition) is 5. The quantitative estimate of drug-likeness (QED) is 0.521. The van der Waals surface area contributed by atoms with E-state index < -0.39 is 34.4 Å². The number of sulfonamides is 1. The minimum Gasteiger partial charge on any atom is -0.354 e. The van der Waals surface area contributed by atoms with Crippen LogP contribution in [0.5, 0.6) is 0 Å². The molecule has 0 saturated heterocycles. The summed E-state index contributed by atoms with van der Waals surface area (Å²) in [7, 11) is -4.14. The molecule has 0 aromatic heterocycles. The van der Waals surface area contributed by atoms with Crippen molar-refractivity contribution in [2.75, 3.05) is 13.1 Å². The summed E-state index contributed by atoms with van der Waals surface area (Å²) in [6.07, 6.45) is 2.07. The molecule has 0 spiro atoms. The van der Waals surface area contributed by atoms with E-state index in [-0.39, 0.29) is 22.9 Å². The van der Waals surface area contributed by atoms with Gasteiger partial charge in [0.15, 0.2) is 0 Å². The fraction of sp³-hybridized carbons (Fsp3) is 0.400. The summed E-state index contributed by atoms with van der Waals surface area (Å²) < 4.78 is 26.5. The molecule has 34 heavy (non-hydrogen) atoms. The summed E-state index contributed by atoms with van der Waals surface area (Å²) in [6.45, 7) is 5.69. The van der Waals surface area contributed by atoms with Crippen LogP contribution in [0, 0.1) is 6.92 Å². The third-order valence-corrected chi connectivity index (χ3v) is 7.63. The van der Waals surface area contributed by atoms with Gasteiger partial charge >= 0.3 is 0 Å². The van der Waals surface area contributed by atoms with Crippen LogP contribution in [0.15, 0.2) is 53.4 Å². The topological polar surface area (TPSA) is 104 Å². The van der Waals surface area contributed by atoms with Gasteiger partial charge in [-0.05, 0) is 37.5 Å². The minimum atomic E-state index is -4.14. The van der Waals surface area contributed by atoms with Gasteiger partial charge in [-0.1, -0.05) is 62.2 Å². The lowest BCUT2D eigenvalue weighted by Gasteiger charge is -2.31. The van der Waals surface area contributed by atoms with Crippen molar-refractivity contribution in [2.45, 2.75) is 57.5 Å². The van der Waals surface area contributed by atoms with Gasteiger partial charge < -0.3 is 10.2 Å². The molecule has 9 heteroatoms. The second kappa shape index (κ2) is 10.8. The van der Waals surface area contributed by atoms with Crippen molar-refractivity contribution in [3.8, 4) is 0 Å². The molecule has 3 rings (SSSR count). The van der Waals surface area contributed by atoms with Crippen LogP contribution in [0.25, 0.3) is 0 Å². The van der Waals surface area contributed by atoms with Gasteiger partial charge in [-0.15, -0.1) is 0 Å². The third kappa shape index (κ3) is 5.30. The van der Waals surface area contributed by atoms with E-state index in [0.29, 0.717) is 17.3 Å². The molecule has 0 aliphatic carbocycles. The van der Waals surface area contributed by atoms with Gasteiger partial charge in [0.2, 0.25) is 11.8 Å². The zero-order valence-electron chi connectivity index (χ0n) is 19.8. The number of fused-ring (bicyclic) bond motifs is 1. The molecule has 1 aliphatic rings. The van der Waals surface area contributed by atoms with Crippen LogP contribution < -0.4 is 5.32 Å². The zero-order valence-corrected chi connectivity index (χ0v) is 20.6. The Labute approximate surface area is 201 Å². The highest BCUT2D eigenvalue weighted by molar-refractivity contribution is 7.90. The summed E-state index contributed by atoms with van der Waals surface area (Å²) in [5.74, 6) is -1.64. The van der Waals surface area contributed by atoms with E-state index >= 15 is 0 Å². The summed E-state index contributed by atoms with van der Waals surface area (Å²) in [4.78, 5) is 40.5. The zero-order chi connectivity index (χ0) is 24.9. The monoisotopic (exact) mass is 485 g/mol. The SMILES string of the molecule is CCCCNC(=O)[C@@H](CC)N(Cc1cccc(C)c1)C(=O)CN1C(=O)c2ccccc2S1(=O)=O. The average Bonchev–Trinajstić information content (AvgIpc) is 3.00. The van der Waals surface area contributed by atoms with Crippen molar-refractivity contribution in [3.63, 3.8) is 0 Å². The maximum Gasteiger partial charge on any atom is 0.269 e. The number of hydrogen-bond donors (Lipinski definition) is 1. The molecule has 0 fully saturated rings. The molecule has 1 aliphatic heterocycles. The van der Waals surface area contributed by atoms with Crippen LogP contribution in [0.4, 0.5) is 0 Å². The Balaban J connectivity index is 1.90. The first-order chi connectivity index (χ1) is 16.2. The van der Waals surface area contributed by atoms with Gasteiger partial charge in [0, 0.05) is 13.1 Å². The second-order valence-corrected chi connectivity index (χ2v) is 10.2. The van der Waals surface area contributed by atoms with E-state index in [0.717, 1.165) is 24.0 Å². The average molecular weight is 486 g/mol. The van der Waals surface area contributed by atoms with Crippen molar-refractivity contribution in [1.29, 1.82) is 0 Å². The fourth-order valence-electron chi connectivity index (χ4n) is 4.03. The molecular weight excluding hydrogens is 454 g/mol. The summed E-state index contributed by atoms with van der Waals surface area (Å²) in [5, 5.41) is 2.87. The number of nitrogens with one attached hydrogen (secondary N) is 1. The summed E-state index contributed by atoms with van der Waals surface area (Å²) in [6, 6.07) is 12.7. The Bertz CT molecular complexity index is 1180. The van der Waals surface area contributed by atoms with Crippen LogP contribution in [-0.4, -0.2) is 54.5 Å². The third-order valence-electron chi connectivity index (χ3n) is 5.84. The second-order valence-electron chi connectivity index (χ2n) is 8.39. The molecule has 3 amide bonds. The molecule has 1 N–H and O–H groups in total. The van der Waals surface area contributed by atoms with Gasteiger partial charge in [0.05, 0.1) is 5.56 Å². The highest BCUT2D eigenvalue weighted by Gasteiger charge is 2.43. The van der Waals surface area contributed by atoms with Gasteiger partial charge in [-0.25, -0.2) is 12.7 Å². The Morgan fingerprint density at radius 2 is 1.82 bits per heavy atom. The van der Waals surface area contributed by atoms with Crippen LogP contribution in [-0.2, 0) is 26.2 Å². The first-order valence-corrected chi connectivity index (χ1v) is 12.9. The van der Waals surface area contributed by atoms with Crippen LogP contribution in [0.2, 0.25) is 0 Å². The highest BCUT2D eigenvalue weighted by Crippen LogP contribution is 2.30. The molecule has 0 unspecified atom stereocenters. The Kier molecular flexibility index (Phi) is 8.09. The maximum atomic E-state index is 13.5.